The predicted molar refractivity (Wildman–Crippen MR) is 58.0 cm³/mol. The van der Waals surface area contributed by atoms with Crippen molar-refractivity contribution < 1.29 is 13.6 Å². The summed E-state index contributed by atoms with van der Waals surface area (Å²) in [5.74, 6) is -2.32. The molecule has 0 amide bonds. The van der Waals surface area contributed by atoms with Crippen LogP contribution in [0.2, 0.25) is 5.02 Å². The van der Waals surface area contributed by atoms with E-state index in [-0.39, 0.29) is 16.1 Å². The van der Waals surface area contributed by atoms with E-state index in [2.05, 4.69) is 5.10 Å². The molecule has 0 unspecified atom stereocenters. The van der Waals surface area contributed by atoms with Gasteiger partial charge in [-0.3, -0.25) is 9.48 Å². The lowest BCUT2D eigenvalue weighted by Crippen LogP contribution is -2.04. The molecule has 0 aliphatic carbocycles. The van der Waals surface area contributed by atoms with Gasteiger partial charge in [-0.2, -0.15) is 5.10 Å². The maximum Gasteiger partial charge on any atom is 0.199 e. The minimum atomic E-state index is -0.856. The first kappa shape index (κ1) is 11.7. The summed E-state index contributed by atoms with van der Waals surface area (Å²) >= 11 is 5.40. The van der Waals surface area contributed by atoms with Gasteiger partial charge in [-0.25, -0.2) is 8.78 Å². The van der Waals surface area contributed by atoms with Gasteiger partial charge in [-0.05, 0) is 12.1 Å². The molecule has 1 aromatic carbocycles. The summed E-state index contributed by atoms with van der Waals surface area (Å²) in [6, 6.07) is 1.56. The molecule has 0 saturated carbocycles. The van der Waals surface area contributed by atoms with Gasteiger partial charge in [0.05, 0.1) is 22.3 Å². The second-order valence-corrected chi connectivity index (χ2v) is 3.89. The lowest BCUT2D eigenvalue weighted by Gasteiger charge is -2.02. The topological polar surface area (TPSA) is 34.9 Å². The molecule has 1 heterocycles. The Morgan fingerprint density at radius 2 is 2.06 bits per heavy atom. The maximum absolute atomic E-state index is 13.5. The summed E-state index contributed by atoms with van der Waals surface area (Å²) in [6.07, 6.45) is 2.71. The first-order valence-corrected chi connectivity index (χ1v) is 5.04. The Bertz CT molecular complexity index is 595. The van der Waals surface area contributed by atoms with Gasteiger partial charge in [0.1, 0.15) is 11.6 Å². The van der Waals surface area contributed by atoms with E-state index < -0.39 is 17.4 Å². The van der Waals surface area contributed by atoms with Gasteiger partial charge >= 0.3 is 0 Å². The monoisotopic (exact) mass is 256 g/mol. The molecule has 3 nitrogen and oxygen atoms in total. The third-order valence-corrected chi connectivity index (χ3v) is 2.51. The normalized spacial score (nSPS) is 10.6. The van der Waals surface area contributed by atoms with Crippen molar-refractivity contribution in [1.29, 1.82) is 0 Å². The van der Waals surface area contributed by atoms with Crippen LogP contribution in [0.15, 0.2) is 24.5 Å². The molecule has 0 spiro atoms. The Morgan fingerprint density at radius 3 is 2.65 bits per heavy atom. The molecule has 0 atom stereocenters. The van der Waals surface area contributed by atoms with Gasteiger partial charge in [0.2, 0.25) is 0 Å². The Hall–Kier alpha value is -1.75. The van der Waals surface area contributed by atoms with Crippen LogP contribution in [-0.2, 0) is 7.05 Å². The molecular formula is C11H7ClF2N2O. The van der Waals surface area contributed by atoms with E-state index in [0.29, 0.717) is 0 Å². The van der Waals surface area contributed by atoms with E-state index in [9.17, 15) is 13.6 Å². The van der Waals surface area contributed by atoms with Crippen LogP contribution in [0.25, 0.3) is 0 Å². The number of nitrogens with zero attached hydrogens (tertiary/aromatic N) is 2. The highest BCUT2D eigenvalue weighted by Crippen LogP contribution is 2.21. The number of hydrogen-bond donors (Lipinski definition) is 0. The number of benzene rings is 1. The molecule has 2 rings (SSSR count). The molecule has 0 bridgehead atoms. The molecule has 0 radical (unpaired) electrons. The van der Waals surface area contributed by atoms with Crippen LogP contribution in [0, 0.1) is 11.6 Å². The summed E-state index contributed by atoms with van der Waals surface area (Å²) in [5, 5.41) is 3.43. The fraction of sp³-hybridized carbons (Fsp3) is 0.0909. The number of aromatic nitrogens is 2. The van der Waals surface area contributed by atoms with Crippen molar-refractivity contribution >= 4 is 17.4 Å². The largest absolute Gasteiger partial charge is 0.288 e. The van der Waals surface area contributed by atoms with Crippen molar-refractivity contribution in [1.82, 2.24) is 9.78 Å². The van der Waals surface area contributed by atoms with E-state index in [4.69, 9.17) is 11.6 Å². The highest BCUT2D eigenvalue weighted by Gasteiger charge is 2.18. The Morgan fingerprint density at radius 1 is 1.35 bits per heavy atom. The van der Waals surface area contributed by atoms with Gasteiger partial charge in [0, 0.05) is 13.2 Å². The molecule has 1 aromatic heterocycles. The smallest absolute Gasteiger partial charge is 0.199 e. The molecule has 17 heavy (non-hydrogen) atoms. The highest BCUT2D eigenvalue weighted by atomic mass is 35.5. The number of carbonyl (C=O) groups excluding carboxylic acids is 1. The predicted octanol–water partition coefficient (Wildman–Crippen LogP) is 2.58. The quantitative estimate of drug-likeness (QED) is 0.611. The first-order chi connectivity index (χ1) is 7.99. The van der Waals surface area contributed by atoms with Gasteiger partial charge in [0.25, 0.3) is 0 Å². The van der Waals surface area contributed by atoms with Crippen LogP contribution in [-0.4, -0.2) is 15.6 Å². The van der Waals surface area contributed by atoms with Gasteiger partial charge in [-0.15, -0.1) is 0 Å². The molecule has 0 aliphatic rings. The molecule has 88 valence electrons. The van der Waals surface area contributed by atoms with Crippen molar-refractivity contribution in [3.05, 3.63) is 52.3 Å². The van der Waals surface area contributed by atoms with Crippen molar-refractivity contribution in [2.45, 2.75) is 0 Å². The summed E-state index contributed by atoms with van der Waals surface area (Å²) in [4.78, 5) is 11.8. The number of halogens is 3. The summed E-state index contributed by atoms with van der Waals surface area (Å²) in [6.45, 7) is 0. The Balaban J connectivity index is 2.47. The van der Waals surface area contributed by atoms with Gasteiger partial charge < -0.3 is 0 Å². The molecule has 6 heteroatoms. The molecule has 0 fully saturated rings. The van der Waals surface area contributed by atoms with Crippen LogP contribution in [0.1, 0.15) is 15.9 Å². The van der Waals surface area contributed by atoms with Crippen molar-refractivity contribution in [3.8, 4) is 0 Å². The second kappa shape index (κ2) is 4.25. The van der Waals surface area contributed by atoms with E-state index in [1.807, 2.05) is 0 Å². The third kappa shape index (κ3) is 2.19. The number of aryl methyl sites for hydroxylation is 1. The van der Waals surface area contributed by atoms with Crippen LogP contribution in [0.5, 0.6) is 0 Å². The van der Waals surface area contributed by atoms with Gasteiger partial charge in [0.15, 0.2) is 5.78 Å². The fourth-order valence-electron chi connectivity index (χ4n) is 1.39. The molecule has 0 aliphatic heterocycles. The number of hydrogen-bond acceptors (Lipinski definition) is 2. The molecule has 0 N–H and O–H groups in total. The SMILES string of the molecule is Cn1cc(C(=O)c2cc(F)c(Cl)cc2F)cn1. The zero-order valence-electron chi connectivity index (χ0n) is 8.75. The standard InChI is InChI=1S/C11H7ClF2N2O/c1-16-5-6(4-15-16)11(17)7-2-10(14)8(12)3-9(7)13/h2-5H,1H3. The molecular weight excluding hydrogens is 250 g/mol. The van der Waals surface area contributed by atoms with Crippen molar-refractivity contribution in [3.63, 3.8) is 0 Å². The summed E-state index contributed by atoms with van der Waals surface area (Å²) in [7, 11) is 1.62. The summed E-state index contributed by atoms with van der Waals surface area (Å²) < 4.78 is 28.0. The lowest BCUT2D eigenvalue weighted by atomic mass is 10.1. The first-order valence-electron chi connectivity index (χ1n) is 4.67. The van der Waals surface area contributed by atoms with E-state index in [0.717, 1.165) is 12.1 Å². The summed E-state index contributed by atoms with van der Waals surface area (Å²) in [5.41, 5.74) is -0.173. The van der Waals surface area contributed by atoms with Crippen LogP contribution >= 0.6 is 11.6 Å². The third-order valence-electron chi connectivity index (χ3n) is 2.22. The Labute approximate surface area is 101 Å². The highest BCUT2D eigenvalue weighted by molar-refractivity contribution is 6.30. The minimum absolute atomic E-state index is 0.188. The lowest BCUT2D eigenvalue weighted by molar-refractivity contribution is 0.103. The molecule has 2 aromatic rings. The van der Waals surface area contributed by atoms with E-state index in [1.54, 1.807) is 7.05 Å². The van der Waals surface area contributed by atoms with Crippen LogP contribution < -0.4 is 0 Å². The maximum atomic E-state index is 13.5. The average molecular weight is 257 g/mol. The number of carbonyl (C=O) groups is 1. The number of rotatable bonds is 2. The fourth-order valence-corrected chi connectivity index (χ4v) is 1.54. The van der Waals surface area contributed by atoms with Crippen molar-refractivity contribution in [2.24, 2.45) is 7.05 Å². The van der Waals surface area contributed by atoms with Gasteiger partial charge in [-0.1, -0.05) is 11.6 Å². The van der Waals surface area contributed by atoms with Crippen LogP contribution in [0.3, 0.4) is 0 Å². The van der Waals surface area contributed by atoms with Crippen molar-refractivity contribution in [2.75, 3.05) is 0 Å². The van der Waals surface area contributed by atoms with Crippen LogP contribution in [0.4, 0.5) is 8.78 Å². The molecule has 0 saturated heterocycles. The Kier molecular flexibility index (Phi) is 2.93. The zero-order chi connectivity index (χ0) is 12.6. The minimum Gasteiger partial charge on any atom is -0.288 e. The average Bonchev–Trinajstić information content (AvgIpc) is 2.69. The zero-order valence-corrected chi connectivity index (χ0v) is 9.50. The van der Waals surface area contributed by atoms with E-state index in [1.165, 1.54) is 17.1 Å². The second-order valence-electron chi connectivity index (χ2n) is 3.48. The number of ketones is 1. The van der Waals surface area contributed by atoms with E-state index >= 15 is 0 Å².